The van der Waals surface area contributed by atoms with E-state index in [1.807, 2.05) is 18.2 Å². The van der Waals surface area contributed by atoms with Gasteiger partial charge in [-0.2, -0.15) is 0 Å². The number of amides is 1. The summed E-state index contributed by atoms with van der Waals surface area (Å²) in [5.74, 6) is -0.485. The third-order valence-corrected chi connectivity index (χ3v) is 4.72. The molecule has 6 nitrogen and oxygen atoms in total. The molecule has 0 heterocycles. The Morgan fingerprint density at radius 3 is 2.56 bits per heavy atom. The van der Waals surface area contributed by atoms with Crippen molar-refractivity contribution in [2.24, 2.45) is 0 Å². The minimum absolute atomic E-state index is 0.0510. The highest BCUT2D eigenvalue weighted by molar-refractivity contribution is 9.10. The van der Waals surface area contributed by atoms with Gasteiger partial charge in [-0.3, -0.25) is 4.79 Å². The van der Waals surface area contributed by atoms with Crippen molar-refractivity contribution in [3.05, 3.63) is 64.0 Å². The maximum atomic E-state index is 11.9. The Kier molecular flexibility index (Phi) is 6.74. The summed E-state index contributed by atoms with van der Waals surface area (Å²) in [5.41, 5.74) is 1.02. The molecule has 132 valence electrons. The molecule has 0 aromatic heterocycles. The first-order valence-corrected chi connectivity index (χ1v) is 9.71. The first-order valence-electron chi connectivity index (χ1n) is 7.37. The lowest BCUT2D eigenvalue weighted by Gasteiger charge is -2.08. The van der Waals surface area contributed by atoms with E-state index in [1.54, 1.807) is 24.3 Å². The van der Waals surface area contributed by atoms with E-state index in [4.69, 9.17) is 0 Å². The number of benzene rings is 2. The molecule has 0 spiro atoms. The predicted octanol–water partition coefficient (Wildman–Crippen LogP) is 3.07. The second kappa shape index (κ2) is 8.80. The standard InChI is InChI=1S/C17H17BrN2O4S/c18-14-6-7-15(16(21)12-14)20-17(22)8-10-19-25(23,24)11-9-13-4-2-1-3-5-13/h1-7,9,11-12,19,21H,8,10H2,(H,20,22). The van der Waals surface area contributed by atoms with Gasteiger partial charge in [-0.25, -0.2) is 13.1 Å². The average molecular weight is 425 g/mol. The van der Waals surface area contributed by atoms with Crippen LogP contribution in [-0.2, 0) is 14.8 Å². The Morgan fingerprint density at radius 2 is 1.88 bits per heavy atom. The van der Waals surface area contributed by atoms with Crippen LogP contribution in [0.4, 0.5) is 5.69 Å². The molecule has 0 aliphatic carbocycles. The molecule has 25 heavy (non-hydrogen) atoms. The zero-order valence-electron chi connectivity index (χ0n) is 13.1. The van der Waals surface area contributed by atoms with Crippen LogP contribution in [0.5, 0.6) is 5.75 Å². The number of halogens is 1. The highest BCUT2D eigenvalue weighted by atomic mass is 79.9. The van der Waals surface area contributed by atoms with Gasteiger partial charge < -0.3 is 10.4 Å². The summed E-state index contributed by atoms with van der Waals surface area (Å²) < 4.78 is 26.7. The van der Waals surface area contributed by atoms with Crippen molar-refractivity contribution in [3.8, 4) is 5.75 Å². The monoisotopic (exact) mass is 424 g/mol. The Bertz CT molecular complexity index is 867. The van der Waals surface area contributed by atoms with Crippen molar-refractivity contribution in [3.63, 3.8) is 0 Å². The molecule has 0 bridgehead atoms. The summed E-state index contributed by atoms with van der Waals surface area (Å²) in [6.45, 7) is -0.0510. The van der Waals surface area contributed by atoms with E-state index in [9.17, 15) is 18.3 Å². The second-order valence-electron chi connectivity index (χ2n) is 5.11. The molecule has 2 rings (SSSR count). The van der Waals surface area contributed by atoms with Crippen LogP contribution in [-0.4, -0.2) is 26.0 Å². The molecular weight excluding hydrogens is 408 g/mol. The molecule has 0 saturated carbocycles. The van der Waals surface area contributed by atoms with Gasteiger partial charge in [-0.05, 0) is 29.8 Å². The Balaban J connectivity index is 1.82. The first kappa shape index (κ1) is 19.2. The summed E-state index contributed by atoms with van der Waals surface area (Å²) >= 11 is 3.20. The van der Waals surface area contributed by atoms with E-state index >= 15 is 0 Å². The van der Waals surface area contributed by atoms with Crippen LogP contribution in [0.25, 0.3) is 6.08 Å². The largest absolute Gasteiger partial charge is 0.506 e. The highest BCUT2D eigenvalue weighted by Crippen LogP contribution is 2.26. The van der Waals surface area contributed by atoms with Crippen molar-refractivity contribution >= 4 is 43.6 Å². The summed E-state index contributed by atoms with van der Waals surface area (Å²) in [7, 11) is -3.63. The summed E-state index contributed by atoms with van der Waals surface area (Å²) in [4.78, 5) is 11.8. The number of aromatic hydroxyl groups is 1. The van der Waals surface area contributed by atoms with Gasteiger partial charge >= 0.3 is 0 Å². The van der Waals surface area contributed by atoms with Crippen LogP contribution in [0.2, 0.25) is 0 Å². The Hall–Kier alpha value is -2.16. The third kappa shape index (κ3) is 6.69. The maximum absolute atomic E-state index is 11.9. The van der Waals surface area contributed by atoms with Gasteiger partial charge in [-0.1, -0.05) is 46.3 Å². The van der Waals surface area contributed by atoms with Gasteiger partial charge in [-0.15, -0.1) is 0 Å². The van der Waals surface area contributed by atoms with Crippen LogP contribution in [0.1, 0.15) is 12.0 Å². The van der Waals surface area contributed by atoms with E-state index in [0.717, 1.165) is 11.0 Å². The normalized spacial score (nSPS) is 11.6. The van der Waals surface area contributed by atoms with Gasteiger partial charge in [0.1, 0.15) is 5.75 Å². The molecule has 0 aliphatic heterocycles. The molecule has 0 atom stereocenters. The number of phenols is 1. The summed E-state index contributed by atoms with van der Waals surface area (Å²) in [5, 5.41) is 13.3. The number of hydrogen-bond acceptors (Lipinski definition) is 4. The molecular formula is C17H17BrN2O4S. The number of hydrogen-bond donors (Lipinski definition) is 3. The molecule has 8 heteroatoms. The Labute approximate surface area is 154 Å². The van der Waals surface area contributed by atoms with Crippen molar-refractivity contribution < 1.29 is 18.3 Å². The quantitative estimate of drug-likeness (QED) is 0.595. The minimum Gasteiger partial charge on any atom is -0.506 e. The topological polar surface area (TPSA) is 95.5 Å². The second-order valence-corrected chi connectivity index (χ2v) is 7.68. The van der Waals surface area contributed by atoms with Crippen LogP contribution in [0.3, 0.4) is 0 Å². The number of carbonyl (C=O) groups excluding carboxylic acids is 1. The molecule has 1 amide bonds. The summed E-state index contributed by atoms with van der Waals surface area (Å²) in [6, 6.07) is 13.7. The van der Waals surface area contributed by atoms with Crippen LogP contribution in [0, 0.1) is 0 Å². The van der Waals surface area contributed by atoms with Crippen molar-refractivity contribution in [2.75, 3.05) is 11.9 Å². The molecule has 2 aromatic carbocycles. The van der Waals surface area contributed by atoms with E-state index in [2.05, 4.69) is 26.0 Å². The lowest BCUT2D eigenvalue weighted by atomic mass is 10.2. The highest BCUT2D eigenvalue weighted by Gasteiger charge is 2.09. The zero-order valence-corrected chi connectivity index (χ0v) is 15.5. The van der Waals surface area contributed by atoms with Crippen LogP contribution >= 0.6 is 15.9 Å². The number of nitrogens with one attached hydrogen (secondary N) is 2. The fourth-order valence-electron chi connectivity index (χ4n) is 1.91. The van der Waals surface area contributed by atoms with Gasteiger partial charge in [0.2, 0.25) is 15.9 Å². The zero-order chi connectivity index (χ0) is 18.3. The van der Waals surface area contributed by atoms with Gasteiger partial charge in [0.05, 0.1) is 5.69 Å². The lowest BCUT2D eigenvalue weighted by Crippen LogP contribution is -2.26. The minimum atomic E-state index is -3.63. The lowest BCUT2D eigenvalue weighted by molar-refractivity contribution is -0.116. The first-order chi connectivity index (χ1) is 11.9. The molecule has 0 aliphatic rings. The molecule has 3 N–H and O–H groups in total. The average Bonchev–Trinajstić information content (AvgIpc) is 2.56. The van der Waals surface area contributed by atoms with Crippen molar-refractivity contribution in [1.29, 1.82) is 0 Å². The van der Waals surface area contributed by atoms with E-state index in [-0.39, 0.29) is 24.4 Å². The molecule has 0 saturated heterocycles. The number of sulfonamides is 1. The molecule has 0 fully saturated rings. The maximum Gasteiger partial charge on any atom is 0.233 e. The molecule has 0 unspecified atom stereocenters. The van der Waals surface area contributed by atoms with Crippen molar-refractivity contribution in [1.82, 2.24) is 4.72 Å². The summed E-state index contributed by atoms with van der Waals surface area (Å²) in [6.07, 6.45) is 1.41. The smallest absolute Gasteiger partial charge is 0.233 e. The van der Waals surface area contributed by atoms with E-state index < -0.39 is 15.9 Å². The fourth-order valence-corrected chi connectivity index (χ4v) is 3.08. The van der Waals surface area contributed by atoms with Crippen molar-refractivity contribution in [2.45, 2.75) is 6.42 Å². The SMILES string of the molecule is O=C(CCNS(=O)(=O)C=Cc1ccccc1)Nc1ccc(Br)cc1O. The van der Waals surface area contributed by atoms with Gasteiger partial charge in [0.15, 0.2) is 0 Å². The van der Waals surface area contributed by atoms with Crippen LogP contribution < -0.4 is 10.0 Å². The number of rotatable bonds is 7. The number of phenolic OH excluding ortho intramolecular Hbond substituents is 1. The number of anilines is 1. The Morgan fingerprint density at radius 1 is 1.16 bits per heavy atom. The molecule has 0 radical (unpaired) electrons. The third-order valence-electron chi connectivity index (χ3n) is 3.13. The van der Waals surface area contributed by atoms with Gasteiger partial charge in [0.25, 0.3) is 0 Å². The predicted molar refractivity (Wildman–Crippen MR) is 101 cm³/mol. The molecule has 2 aromatic rings. The van der Waals surface area contributed by atoms with Gasteiger partial charge in [0, 0.05) is 22.8 Å². The fraction of sp³-hybridized carbons (Fsp3) is 0.118. The van der Waals surface area contributed by atoms with Crippen LogP contribution in [0.15, 0.2) is 58.4 Å². The van der Waals surface area contributed by atoms with E-state index in [1.165, 1.54) is 12.1 Å². The van der Waals surface area contributed by atoms with E-state index in [0.29, 0.717) is 4.47 Å². The number of carbonyl (C=O) groups is 1.